The van der Waals surface area contributed by atoms with Gasteiger partial charge < -0.3 is 10.2 Å². The number of hydrogen-bond donors (Lipinski definition) is 2. The highest BCUT2D eigenvalue weighted by molar-refractivity contribution is 7.94. The Hall–Kier alpha value is -2.55. The van der Waals surface area contributed by atoms with Crippen molar-refractivity contribution in [3.8, 4) is 0 Å². The van der Waals surface area contributed by atoms with Gasteiger partial charge in [-0.25, -0.2) is 8.42 Å². The Balaban J connectivity index is 1.83. The fourth-order valence-electron chi connectivity index (χ4n) is 2.54. The Kier molecular flexibility index (Phi) is 5.93. The highest BCUT2D eigenvalue weighted by Gasteiger charge is 2.17. The van der Waals surface area contributed by atoms with Crippen LogP contribution in [0.25, 0.3) is 0 Å². The maximum absolute atomic E-state index is 12.7. The fraction of sp³-hybridized carbons (Fsp3) is 0.105. The van der Waals surface area contributed by atoms with Crippen LogP contribution in [0.5, 0.6) is 0 Å². The molecule has 0 aliphatic carbocycles. The van der Waals surface area contributed by atoms with Gasteiger partial charge in [0.15, 0.2) is 0 Å². The number of carbonyl (C=O) groups excluding carboxylic acids is 1. The van der Waals surface area contributed by atoms with E-state index in [0.29, 0.717) is 22.0 Å². The number of benzene rings is 2. The number of thiophene rings is 1. The Bertz CT molecular complexity index is 1100. The zero-order valence-corrected chi connectivity index (χ0v) is 17.5. The lowest BCUT2D eigenvalue weighted by Crippen LogP contribution is -2.17. The lowest BCUT2D eigenvalue weighted by Gasteiger charge is -2.18. The standard InChI is InChI=1S/C19H18ClN3O3S2/c1-23(2)17-9-8-14(20)12-16(17)21-19(24)13-5-3-6-15(11-13)22-28(25,26)18-7-4-10-27-18/h3-12,22H,1-2H3,(H,21,24). The highest BCUT2D eigenvalue weighted by atomic mass is 35.5. The Labute approximate surface area is 172 Å². The first-order chi connectivity index (χ1) is 13.3. The van der Waals surface area contributed by atoms with Crippen molar-refractivity contribution in [1.29, 1.82) is 0 Å². The topological polar surface area (TPSA) is 78.5 Å². The van der Waals surface area contributed by atoms with Gasteiger partial charge in [0.25, 0.3) is 15.9 Å². The van der Waals surface area contributed by atoms with E-state index in [1.165, 1.54) is 12.1 Å². The molecule has 0 bridgehead atoms. The van der Waals surface area contributed by atoms with Gasteiger partial charge in [0.05, 0.1) is 11.4 Å². The lowest BCUT2D eigenvalue weighted by atomic mass is 10.1. The average molecular weight is 436 g/mol. The molecule has 2 N–H and O–H groups in total. The second-order valence-electron chi connectivity index (χ2n) is 6.13. The molecule has 0 saturated carbocycles. The Morgan fingerprint density at radius 2 is 1.86 bits per heavy atom. The average Bonchev–Trinajstić information content (AvgIpc) is 3.17. The van der Waals surface area contributed by atoms with E-state index in [4.69, 9.17) is 11.6 Å². The van der Waals surface area contributed by atoms with Crippen molar-refractivity contribution >= 4 is 55.9 Å². The van der Waals surface area contributed by atoms with Crippen LogP contribution in [0, 0.1) is 0 Å². The molecule has 2 aromatic carbocycles. The molecule has 9 heteroatoms. The van der Waals surface area contributed by atoms with Crippen LogP contribution in [0.2, 0.25) is 5.02 Å². The number of nitrogens with one attached hydrogen (secondary N) is 2. The van der Waals surface area contributed by atoms with Crippen molar-refractivity contribution in [1.82, 2.24) is 0 Å². The van der Waals surface area contributed by atoms with Crippen molar-refractivity contribution in [3.63, 3.8) is 0 Å². The Morgan fingerprint density at radius 1 is 1.07 bits per heavy atom. The summed E-state index contributed by atoms with van der Waals surface area (Å²) >= 11 is 7.17. The van der Waals surface area contributed by atoms with E-state index in [1.807, 2.05) is 25.1 Å². The molecule has 0 atom stereocenters. The van der Waals surface area contributed by atoms with Crippen LogP contribution in [0.1, 0.15) is 10.4 Å². The largest absolute Gasteiger partial charge is 0.376 e. The third kappa shape index (κ3) is 4.64. The molecule has 3 aromatic rings. The van der Waals surface area contributed by atoms with Gasteiger partial charge in [0.1, 0.15) is 4.21 Å². The number of amides is 1. The van der Waals surface area contributed by atoms with Crippen LogP contribution in [-0.4, -0.2) is 28.4 Å². The minimum absolute atomic E-state index is 0.205. The monoisotopic (exact) mass is 435 g/mol. The maximum Gasteiger partial charge on any atom is 0.271 e. The summed E-state index contributed by atoms with van der Waals surface area (Å²) in [6, 6.07) is 14.7. The number of hydrogen-bond acceptors (Lipinski definition) is 5. The molecule has 0 saturated heterocycles. The maximum atomic E-state index is 12.7. The molecule has 28 heavy (non-hydrogen) atoms. The summed E-state index contributed by atoms with van der Waals surface area (Å²) in [6.07, 6.45) is 0. The highest BCUT2D eigenvalue weighted by Crippen LogP contribution is 2.28. The van der Waals surface area contributed by atoms with Crippen LogP contribution in [0.4, 0.5) is 17.1 Å². The van der Waals surface area contributed by atoms with E-state index in [0.717, 1.165) is 17.0 Å². The summed E-state index contributed by atoms with van der Waals surface area (Å²) in [7, 11) is 0.0378. The van der Waals surface area contributed by atoms with E-state index in [1.54, 1.807) is 41.8 Å². The molecule has 6 nitrogen and oxygen atoms in total. The number of rotatable bonds is 6. The molecule has 0 fully saturated rings. The number of sulfonamides is 1. The normalized spacial score (nSPS) is 11.1. The molecule has 0 radical (unpaired) electrons. The van der Waals surface area contributed by atoms with Crippen LogP contribution >= 0.6 is 22.9 Å². The number of anilines is 3. The van der Waals surface area contributed by atoms with Gasteiger partial charge >= 0.3 is 0 Å². The Morgan fingerprint density at radius 3 is 2.54 bits per heavy atom. The second-order valence-corrected chi connectivity index (χ2v) is 9.42. The van der Waals surface area contributed by atoms with E-state index in [9.17, 15) is 13.2 Å². The van der Waals surface area contributed by atoms with Gasteiger partial charge in [-0.3, -0.25) is 9.52 Å². The van der Waals surface area contributed by atoms with E-state index >= 15 is 0 Å². The molecule has 3 rings (SSSR count). The molecule has 1 amide bonds. The summed E-state index contributed by atoms with van der Waals surface area (Å²) in [5.74, 6) is -0.373. The van der Waals surface area contributed by atoms with Gasteiger partial charge in [-0.15, -0.1) is 11.3 Å². The van der Waals surface area contributed by atoms with Gasteiger partial charge in [-0.1, -0.05) is 23.7 Å². The summed E-state index contributed by atoms with van der Waals surface area (Å²) in [5.41, 5.74) is 1.98. The predicted molar refractivity (Wildman–Crippen MR) is 115 cm³/mol. The van der Waals surface area contributed by atoms with Gasteiger partial charge in [-0.2, -0.15) is 0 Å². The van der Waals surface area contributed by atoms with Crippen molar-refractivity contribution in [2.24, 2.45) is 0 Å². The zero-order valence-electron chi connectivity index (χ0n) is 15.1. The first kappa shape index (κ1) is 20.2. The molecular weight excluding hydrogens is 418 g/mol. The molecule has 1 heterocycles. The quantitative estimate of drug-likeness (QED) is 0.596. The first-order valence-corrected chi connectivity index (χ1v) is 10.9. The molecule has 146 valence electrons. The van der Waals surface area contributed by atoms with Crippen LogP contribution < -0.4 is 14.9 Å². The molecule has 0 aliphatic heterocycles. The van der Waals surface area contributed by atoms with Gasteiger partial charge in [-0.05, 0) is 47.8 Å². The number of nitrogens with zero attached hydrogens (tertiary/aromatic N) is 1. The summed E-state index contributed by atoms with van der Waals surface area (Å²) in [4.78, 5) is 14.6. The van der Waals surface area contributed by atoms with Crippen LogP contribution in [-0.2, 0) is 10.0 Å². The number of carbonyl (C=O) groups is 1. The van der Waals surface area contributed by atoms with Crippen molar-refractivity contribution in [2.75, 3.05) is 29.0 Å². The lowest BCUT2D eigenvalue weighted by molar-refractivity contribution is 0.102. The SMILES string of the molecule is CN(C)c1ccc(Cl)cc1NC(=O)c1cccc(NS(=O)(=O)c2cccs2)c1. The van der Waals surface area contributed by atoms with Crippen LogP contribution in [0.15, 0.2) is 64.2 Å². The molecule has 0 unspecified atom stereocenters. The van der Waals surface area contributed by atoms with Crippen molar-refractivity contribution in [2.45, 2.75) is 4.21 Å². The van der Waals surface area contributed by atoms with E-state index in [-0.39, 0.29) is 10.1 Å². The summed E-state index contributed by atoms with van der Waals surface area (Å²) in [5, 5.41) is 5.01. The summed E-state index contributed by atoms with van der Waals surface area (Å²) in [6.45, 7) is 0. The van der Waals surface area contributed by atoms with Crippen LogP contribution in [0.3, 0.4) is 0 Å². The van der Waals surface area contributed by atoms with E-state index < -0.39 is 10.0 Å². The molecular formula is C19H18ClN3O3S2. The van der Waals surface area contributed by atoms with Gasteiger partial charge in [0.2, 0.25) is 0 Å². The van der Waals surface area contributed by atoms with Crippen molar-refractivity contribution < 1.29 is 13.2 Å². The zero-order chi connectivity index (χ0) is 20.3. The van der Waals surface area contributed by atoms with E-state index in [2.05, 4.69) is 10.0 Å². The first-order valence-electron chi connectivity index (χ1n) is 8.21. The predicted octanol–water partition coefficient (Wildman–Crippen LogP) is 4.52. The minimum atomic E-state index is -3.68. The summed E-state index contributed by atoms with van der Waals surface area (Å²) < 4.78 is 27.4. The van der Waals surface area contributed by atoms with Gasteiger partial charge in [0, 0.05) is 30.4 Å². The fourth-order valence-corrected chi connectivity index (χ4v) is 4.75. The second kappa shape index (κ2) is 8.22. The number of halogens is 1. The van der Waals surface area contributed by atoms with Crippen molar-refractivity contribution in [3.05, 3.63) is 70.6 Å². The smallest absolute Gasteiger partial charge is 0.271 e. The molecule has 1 aromatic heterocycles. The molecule has 0 spiro atoms. The third-order valence-corrected chi connectivity index (χ3v) is 6.84. The third-order valence-electron chi connectivity index (χ3n) is 3.83. The molecule has 0 aliphatic rings. The minimum Gasteiger partial charge on any atom is -0.376 e.